The summed E-state index contributed by atoms with van der Waals surface area (Å²) in [6.07, 6.45) is -0.585. The number of hydrogen-bond donors (Lipinski definition) is 1. The number of ether oxygens (including phenoxy) is 1. The molecule has 0 bridgehead atoms. The highest BCUT2D eigenvalue weighted by Crippen LogP contribution is 2.26. The van der Waals surface area contributed by atoms with Gasteiger partial charge in [-0.15, -0.1) is 0 Å². The monoisotopic (exact) mass is 334 g/mol. The van der Waals surface area contributed by atoms with Gasteiger partial charge in [0.25, 0.3) is 0 Å². The summed E-state index contributed by atoms with van der Waals surface area (Å²) in [5, 5.41) is 10.5. The molecule has 0 unspecified atom stereocenters. The summed E-state index contributed by atoms with van der Waals surface area (Å²) in [7, 11) is 0. The first-order chi connectivity index (χ1) is 11.0. The Morgan fingerprint density at radius 2 is 1.67 bits per heavy atom. The van der Waals surface area contributed by atoms with Gasteiger partial charge in [0, 0.05) is 17.8 Å². The predicted octanol–water partition coefficient (Wildman–Crippen LogP) is 4.54. The van der Waals surface area contributed by atoms with E-state index in [1.54, 1.807) is 0 Å². The third-order valence-corrected chi connectivity index (χ3v) is 4.58. The fraction of sp³-hybridized carbons (Fsp3) is 0.667. The molecule has 0 saturated heterocycles. The third-order valence-electron chi connectivity index (χ3n) is 4.58. The van der Waals surface area contributed by atoms with Crippen LogP contribution in [0.15, 0.2) is 24.3 Å². The Bertz CT molecular complexity index is 511. The van der Waals surface area contributed by atoms with Gasteiger partial charge in [0.05, 0.1) is 18.8 Å². The summed E-state index contributed by atoms with van der Waals surface area (Å²) < 4.78 is 6.11. The van der Waals surface area contributed by atoms with Gasteiger partial charge in [-0.2, -0.15) is 0 Å². The number of carbonyl (C=O) groups excluding carboxylic acids is 1. The van der Waals surface area contributed by atoms with Crippen molar-refractivity contribution in [2.75, 3.05) is 0 Å². The molecule has 0 aliphatic heterocycles. The number of rotatable bonds is 8. The molecule has 0 amide bonds. The van der Waals surface area contributed by atoms with Gasteiger partial charge in [0.1, 0.15) is 5.78 Å². The number of carbonyl (C=O) groups is 1. The Balaban J connectivity index is 2.68. The van der Waals surface area contributed by atoms with E-state index in [4.69, 9.17) is 4.74 Å². The van der Waals surface area contributed by atoms with E-state index in [1.165, 1.54) is 5.56 Å². The molecule has 0 spiro atoms. The van der Waals surface area contributed by atoms with Gasteiger partial charge in [0.2, 0.25) is 0 Å². The number of benzene rings is 1. The van der Waals surface area contributed by atoms with Crippen molar-refractivity contribution in [1.82, 2.24) is 0 Å². The topological polar surface area (TPSA) is 46.5 Å². The van der Waals surface area contributed by atoms with E-state index in [2.05, 4.69) is 45.0 Å². The molecule has 3 heteroatoms. The molecule has 0 aliphatic rings. The largest absolute Gasteiger partial charge is 0.392 e. The maximum atomic E-state index is 12.2. The van der Waals surface area contributed by atoms with Crippen molar-refractivity contribution in [3.05, 3.63) is 35.4 Å². The van der Waals surface area contributed by atoms with Crippen LogP contribution in [-0.2, 0) is 16.1 Å². The number of aliphatic hydroxyl groups is 1. The molecule has 0 aromatic heterocycles. The van der Waals surface area contributed by atoms with Crippen molar-refractivity contribution in [1.29, 1.82) is 0 Å². The van der Waals surface area contributed by atoms with Crippen LogP contribution in [0.25, 0.3) is 0 Å². The van der Waals surface area contributed by atoms with Crippen LogP contribution in [0.1, 0.15) is 59.1 Å². The molecule has 0 aliphatic carbocycles. The molecule has 1 rings (SSSR count). The molecule has 136 valence electrons. The Kier molecular flexibility index (Phi) is 7.62. The average Bonchev–Trinajstić information content (AvgIpc) is 2.47. The van der Waals surface area contributed by atoms with Crippen molar-refractivity contribution in [3.63, 3.8) is 0 Å². The molecular formula is C21H34O3. The fourth-order valence-corrected chi connectivity index (χ4v) is 2.73. The van der Waals surface area contributed by atoms with E-state index in [0.29, 0.717) is 6.61 Å². The SMILES string of the molecule is Cc1ccc(CO[C@H](C(C)C)[C@@H](C)[C@H](O)CC(=O)C(C)(C)C)cc1. The van der Waals surface area contributed by atoms with E-state index in [-0.39, 0.29) is 30.1 Å². The second-order valence-corrected chi connectivity index (χ2v) is 8.31. The highest BCUT2D eigenvalue weighted by atomic mass is 16.5. The summed E-state index contributed by atoms with van der Waals surface area (Å²) in [4.78, 5) is 12.2. The molecule has 24 heavy (non-hydrogen) atoms. The van der Waals surface area contributed by atoms with Gasteiger partial charge in [0.15, 0.2) is 0 Å². The second-order valence-electron chi connectivity index (χ2n) is 8.31. The number of aliphatic hydroxyl groups excluding tert-OH is 1. The lowest BCUT2D eigenvalue weighted by atomic mass is 9.82. The van der Waals surface area contributed by atoms with Crippen LogP contribution in [0, 0.1) is 24.2 Å². The molecule has 1 N–H and O–H groups in total. The van der Waals surface area contributed by atoms with Crippen molar-refractivity contribution >= 4 is 5.78 Å². The lowest BCUT2D eigenvalue weighted by Gasteiger charge is -2.32. The Labute approximate surface area is 147 Å². The first kappa shape index (κ1) is 20.9. The van der Waals surface area contributed by atoms with Gasteiger partial charge < -0.3 is 9.84 Å². The Morgan fingerprint density at radius 3 is 2.12 bits per heavy atom. The lowest BCUT2D eigenvalue weighted by Crippen LogP contribution is -2.38. The van der Waals surface area contributed by atoms with E-state index in [0.717, 1.165) is 5.56 Å². The Hall–Kier alpha value is -1.19. The van der Waals surface area contributed by atoms with Crippen LogP contribution >= 0.6 is 0 Å². The zero-order chi connectivity index (χ0) is 18.5. The van der Waals surface area contributed by atoms with Crippen LogP contribution in [-0.4, -0.2) is 23.1 Å². The van der Waals surface area contributed by atoms with Crippen LogP contribution < -0.4 is 0 Å². The van der Waals surface area contributed by atoms with Crippen LogP contribution in [0.2, 0.25) is 0 Å². The van der Waals surface area contributed by atoms with Crippen LogP contribution in [0.3, 0.4) is 0 Å². The average molecular weight is 335 g/mol. The summed E-state index contributed by atoms with van der Waals surface area (Å²) in [6, 6.07) is 8.28. The maximum absolute atomic E-state index is 12.2. The smallest absolute Gasteiger partial charge is 0.140 e. The second kappa shape index (κ2) is 8.77. The molecule has 1 aromatic rings. The van der Waals surface area contributed by atoms with E-state index < -0.39 is 11.5 Å². The summed E-state index contributed by atoms with van der Waals surface area (Å²) in [5.41, 5.74) is 1.93. The lowest BCUT2D eigenvalue weighted by molar-refractivity contribution is -0.130. The molecule has 0 fully saturated rings. The third kappa shape index (κ3) is 6.37. The van der Waals surface area contributed by atoms with Crippen molar-refractivity contribution in [2.24, 2.45) is 17.3 Å². The standard InChI is InChI=1S/C21H34O3/c1-14(2)20(24-13-17-10-8-15(3)9-11-17)16(4)18(22)12-19(23)21(5,6)7/h8-11,14,16,18,20,22H,12-13H2,1-7H3/t16-,18+,20+/m0/s1. The summed E-state index contributed by atoms with van der Waals surface area (Å²) in [6.45, 7) is 14.4. The number of hydrogen-bond acceptors (Lipinski definition) is 3. The molecular weight excluding hydrogens is 300 g/mol. The van der Waals surface area contributed by atoms with Crippen molar-refractivity contribution < 1.29 is 14.6 Å². The highest BCUT2D eigenvalue weighted by Gasteiger charge is 2.31. The minimum atomic E-state index is -0.679. The summed E-state index contributed by atoms with van der Waals surface area (Å²) >= 11 is 0. The van der Waals surface area contributed by atoms with Crippen LogP contribution in [0.4, 0.5) is 0 Å². The number of ketones is 1. The van der Waals surface area contributed by atoms with Gasteiger partial charge in [-0.3, -0.25) is 4.79 Å². The fourth-order valence-electron chi connectivity index (χ4n) is 2.73. The molecule has 0 radical (unpaired) electrons. The van der Waals surface area contributed by atoms with Crippen molar-refractivity contribution in [2.45, 2.75) is 73.7 Å². The quantitative estimate of drug-likeness (QED) is 0.759. The minimum absolute atomic E-state index is 0.0860. The zero-order valence-electron chi connectivity index (χ0n) is 16.3. The van der Waals surface area contributed by atoms with E-state index >= 15 is 0 Å². The minimum Gasteiger partial charge on any atom is -0.392 e. The molecule has 3 atom stereocenters. The van der Waals surface area contributed by atoms with Crippen LogP contribution in [0.5, 0.6) is 0 Å². The first-order valence-electron chi connectivity index (χ1n) is 8.91. The normalized spacial score (nSPS) is 16.0. The molecule has 0 saturated carbocycles. The molecule has 1 aromatic carbocycles. The Morgan fingerprint density at radius 1 is 1.12 bits per heavy atom. The summed E-state index contributed by atoms with van der Waals surface area (Å²) in [5.74, 6) is 0.259. The molecule has 0 heterocycles. The maximum Gasteiger partial charge on any atom is 0.140 e. The highest BCUT2D eigenvalue weighted by molar-refractivity contribution is 5.84. The van der Waals surface area contributed by atoms with Gasteiger partial charge in [-0.25, -0.2) is 0 Å². The zero-order valence-corrected chi connectivity index (χ0v) is 16.3. The van der Waals surface area contributed by atoms with Gasteiger partial charge in [-0.1, -0.05) is 71.4 Å². The molecule has 3 nitrogen and oxygen atoms in total. The van der Waals surface area contributed by atoms with E-state index in [9.17, 15) is 9.90 Å². The van der Waals surface area contributed by atoms with Gasteiger partial charge in [-0.05, 0) is 18.4 Å². The van der Waals surface area contributed by atoms with E-state index in [1.807, 2.05) is 27.7 Å². The predicted molar refractivity (Wildman–Crippen MR) is 98.8 cm³/mol. The first-order valence-corrected chi connectivity index (χ1v) is 8.91. The number of Topliss-reactive ketones (excluding diaryl/α,β-unsaturated/α-hetero) is 1. The van der Waals surface area contributed by atoms with Gasteiger partial charge >= 0.3 is 0 Å². The van der Waals surface area contributed by atoms with Crippen molar-refractivity contribution in [3.8, 4) is 0 Å². The number of aryl methyl sites for hydroxylation is 1.